The first-order chi connectivity index (χ1) is 10.0. The summed E-state index contributed by atoms with van der Waals surface area (Å²) >= 11 is 0. The molecule has 3 atom stereocenters. The molecule has 1 amide bonds. The van der Waals surface area contributed by atoms with Gasteiger partial charge in [0, 0.05) is 13.1 Å². The maximum Gasteiger partial charge on any atom is 0.246 e. The Balaban J connectivity index is 1.90. The molecule has 1 N–H and O–H groups in total. The Kier molecular flexibility index (Phi) is 3.64. The number of likely N-dealkylation sites (tertiary alicyclic amines) is 1. The normalized spacial score (nSPS) is 35.3. The van der Waals surface area contributed by atoms with Gasteiger partial charge in [-0.05, 0) is 31.1 Å². The second kappa shape index (κ2) is 5.32. The summed E-state index contributed by atoms with van der Waals surface area (Å²) in [5, 5.41) is 12.3. The van der Waals surface area contributed by atoms with Gasteiger partial charge in [-0.25, -0.2) is 4.99 Å². The van der Waals surface area contributed by atoms with Gasteiger partial charge in [-0.1, -0.05) is 26.7 Å². The lowest BCUT2D eigenvalue weighted by atomic mass is 9.82. The number of guanidine groups is 1. The van der Waals surface area contributed by atoms with Crippen LogP contribution in [-0.4, -0.2) is 35.4 Å². The molecule has 0 aromatic heterocycles. The Morgan fingerprint density at radius 1 is 1.29 bits per heavy atom. The molecule has 1 spiro atoms. The molecule has 1 aliphatic carbocycles. The highest BCUT2D eigenvalue weighted by atomic mass is 16.2. The number of amides is 1. The molecule has 1 saturated heterocycles. The molecule has 2 aliphatic heterocycles. The number of piperidine rings is 1. The summed E-state index contributed by atoms with van der Waals surface area (Å²) < 4.78 is 0. The van der Waals surface area contributed by atoms with Gasteiger partial charge < -0.3 is 4.90 Å². The van der Waals surface area contributed by atoms with E-state index in [1.165, 1.54) is 6.42 Å². The van der Waals surface area contributed by atoms with Crippen molar-refractivity contribution in [3.63, 3.8) is 0 Å². The van der Waals surface area contributed by atoms with Gasteiger partial charge >= 0.3 is 0 Å². The summed E-state index contributed by atoms with van der Waals surface area (Å²) in [4.78, 5) is 19.5. The van der Waals surface area contributed by atoms with Crippen molar-refractivity contribution in [2.45, 2.75) is 51.5 Å². The van der Waals surface area contributed by atoms with Gasteiger partial charge in [0.25, 0.3) is 0 Å². The third-order valence-electron chi connectivity index (χ3n) is 5.13. The topological polar surface area (TPSA) is 68.5 Å². The fraction of sp³-hybridized carbons (Fsp3) is 0.812. The minimum absolute atomic E-state index is 0.157. The first kappa shape index (κ1) is 14.4. The van der Waals surface area contributed by atoms with E-state index in [1.807, 2.05) is 0 Å². The Morgan fingerprint density at radius 2 is 1.90 bits per heavy atom. The van der Waals surface area contributed by atoms with E-state index < -0.39 is 11.5 Å². The third-order valence-corrected chi connectivity index (χ3v) is 5.13. The predicted molar refractivity (Wildman–Crippen MR) is 80.4 cm³/mol. The summed E-state index contributed by atoms with van der Waals surface area (Å²) in [5.74, 6) is 1.16. The van der Waals surface area contributed by atoms with Crippen LogP contribution in [0.25, 0.3) is 0 Å². The average Bonchev–Trinajstić information content (AvgIpc) is 2.86. The van der Waals surface area contributed by atoms with Gasteiger partial charge in [-0.3, -0.25) is 10.1 Å². The molecule has 5 heteroatoms. The predicted octanol–water partition coefficient (Wildman–Crippen LogP) is 1.90. The highest BCUT2D eigenvalue weighted by Crippen LogP contribution is 2.41. The molecular weight excluding hydrogens is 264 g/mol. The van der Waals surface area contributed by atoms with E-state index in [1.54, 1.807) is 0 Å². The van der Waals surface area contributed by atoms with E-state index in [0.717, 1.165) is 38.8 Å². The molecule has 0 radical (unpaired) electrons. The number of nitriles is 1. The molecule has 0 unspecified atom stereocenters. The van der Waals surface area contributed by atoms with Crippen LogP contribution < -0.4 is 5.32 Å². The molecule has 2 heterocycles. The fourth-order valence-electron chi connectivity index (χ4n) is 4.28. The van der Waals surface area contributed by atoms with Gasteiger partial charge in [-0.15, -0.1) is 0 Å². The summed E-state index contributed by atoms with van der Waals surface area (Å²) in [6.07, 6.45) is 5.08. The second-order valence-electron chi connectivity index (χ2n) is 7.15. The summed E-state index contributed by atoms with van der Waals surface area (Å²) in [6, 6.07) is 2.19. The first-order valence-corrected chi connectivity index (χ1v) is 8.09. The van der Waals surface area contributed by atoms with Gasteiger partial charge in [0.05, 0.1) is 11.6 Å². The number of aliphatic imine (C=N–C) groups is 1. The number of rotatable bonds is 0. The van der Waals surface area contributed by atoms with Crippen LogP contribution in [0.4, 0.5) is 0 Å². The average molecular weight is 288 g/mol. The van der Waals surface area contributed by atoms with Crippen LogP contribution >= 0.6 is 0 Å². The molecule has 0 aromatic carbocycles. The number of nitrogens with one attached hydrogen (secondary N) is 1. The molecule has 114 valence electrons. The zero-order chi connectivity index (χ0) is 15.0. The van der Waals surface area contributed by atoms with Crippen LogP contribution in [0.5, 0.6) is 0 Å². The molecule has 2 fully saturated rings. The minimum Gasteiger partial charge on any atom is -0.342 e. The monoisotopic (exact) mass is 288 g/mol. The fourth-order valence-corrected chi connectivity index (χ4v) is 4.28. The van der Waals surface area contributed by atoms with Gasteiger partial charge in [0.1, 0.15) is 0 Å². The van der Waals surface area contributed by atoms with Crippen molar-refractivity contribution in [1.29, 1.82) is 5.26 Å². The quantitative estimate of drug-likeness (QED) is 0.740. The smallest absolute Gasteiger partial charge is 0.246 e. The van der Waals surface area contributed by atoms with E-state index in [9.17, 15) is 10.1 Å². The summed E-state index contributed by atoms with van der Waals surface area (Å²) in [7, 11) is 0. The Morgan fingerprint density at radius 3 is 2.48 bits per heavy atom. The van der Waals surface area contributed by atoms with Crippen LogP contribution in [-0.2, 0) is 4.79 Å². The van der Waals surface area contributed by atoms with Gasteiger partial charge in [-0.2, -0.15) is 5.26 Å². The zero-order valence-corrected chi connectivity index (χ0v) is 12.9. The van der Waals surface area contributed by atoms with Crippen LogP contribution in [0.15, 0.2) is 4.99 Å². The molecule has 1 saturated carbocycles. The minimum atomic E-state index is -0.622. The lowest BCUT2D eigenvalue weighted by molar-refractivity contribution is -0.124. The van der Waals surface area contributed by atoms with Crippen molar-refractivity contribution < 1.29 is 4.79 Å². The molecular formula is C16H24N4O. The summed E-state index contributed by atoms with van der Waals surface area (Å²) in [6.45, 7) is 6.38. The largest absolute Gasteiger partial charge is 0.342 e. The number of carbonyl (C=O) groups is 1. The first-order valence-electron chi connectivity index (χ1n) is 8.09. The van der Waals surface area contributed by atoms with E-state index in [4.69, 9.17) is 4.99 Å². The standard InChI is InChI=1S/C16H24N4O/c1-11-7-12(2)10-20(9-11)15-18-14(21)13(8-17)16(19-15)5-3-4-6-16/h11-13H,3-7,9-10H2,1-2H3,(H,18,19,21)/t11-,12-,13-/m1/s1. The van der Waals surface area contributed by atoms with E-state index >= 15 is 0 Å². The van der Waals surface area contributed by atoms with Crippen molar-refractivity contribution >= 4 is 11.9 Å². The number of hydrogen-bond donors (Lipinski definition) is 1. The molecule has 3 aliphatic rings. The number of nitrogens with zero attached hydrogens (tertiary/aromatic N) is 3. The van der Waals surface area contributed by atoms with Crippen molar-refractivity contribution in [3.05, 3.63) is 0 Å². The lowest BCUT2D eigenvalue weighted by Gasteiger charge is -2.41. The van der Waals surface area contributed by atoms with Crippen molar-refractivity contribution in [2.75, 3.05) is 13.1 Å². The van der Waals surface area contributed by atoms with E-state index in [0.29, 0.717) is 17.8 Å². The maximum atomic E-state index is 12.4. The van der Waals surface area contributed by atoms with Crippen molar-refractivity contribution in [2.24, 2.45) is 22.7 Å². The van der Waals surface area contributed by atoms with Crippen LogP contribution in [0, 0.1) is 29.1 Å². The maximum absolute atomic E-state index is 12.4. The second-order valence-corrected chi connectivity index (χ2v) is 7.15. The summed E-state index contributed by atoms with van der Waals surface area (Å²) in [5.41, 5.74) is -0.462. The van der Waals surface area contributed by atoms with Gasteiger partial charge in [0.15, 0.2) is 5.92 Å². The molecule has 21 heavy (non-hydrogen) atoms. The van der Waals surface area contributed by atoms with Crippen molar-refractivity contribution in [1.82, 2.24) is 10.2 Å². The third kappa shape index (κ3) is 2.52. The molecule has 0 bridgehead atoms. The van der Waals surface area contributed by atoms with Crippen LogP contribution in [0.2, 0.25) is 0 Å². The van der Waals surface area contributed by atoms with E-state index in [2.05, 4.69) is 30.1 Å². The Hall–Kier alpha value is -1.57. The lowest BCUT2D eigenvalue weighted by Crippen LogP contribution is -2.58. The highest BCUT2D eigenvalue weighted by molar-refractivity contribution is 6.02. The number of carbonyl (C=O) groups excluding carboxylic acids is 1. The number of hydrogen-bond acceptors (Lipinski definition) is 4. The Bertz CT molecular complexity index is 491. The zero-order valence-electron chi connectivity index (χ0n) is 12.9. The highest BCUT2D eigenvalue weighted by Gasteiger charge is 2.49. The van der Waals surface area contributed by atoms with Crippen molar-refractivity contribution in [3.8, 4) is 6.07 Å². The molecule has 0 aromatic rings. The van der Waals surface area contributed by atoms with E-state index in [-0.39, 0.29) is 5.91 Å². The molecule has 3 rings (SSSR count). The van der Waals surface area contributed by atoms with Crippen LogP contribution in [0.3, 0.4) is 0 Å². The van der Waals surface area contributed by atoms with Gasteiger partial charge in [0.2, 0.25) is 11.9 Å². The Labute approximate surface area is 126 Å². The molecule has 5 nitrogen and oxygen atoms in total. The SMILES string of the molecule is C[C@@H]1C[C@@H](C)CN(C2=NC3(CCCC3)[C@H](C#N)C(=O)N2)C1. The van der Waals surface area contributed by atoms with Crippen LogP contribution in [0.1, 0.15) is 46.0 Å².